The summed E-state index contributed by atoms with van der Waals surface area (Å²) in [6.45, 7) is 7.58. The zero-order valence-corrected chi connectivity index (χ0v) is 27.0. The summed E-state index contributed by atoms with van der Waals surface area (Å²) in [5.74, 6) is 1.60. The molecule has 238 valence electrons. The Kier molecular flexibility index (Phi) is 7.66. The Labute approximate surface area is 270 Å². The molecule has 46 heavy (non-hydrogen) atoms. The third-order valence-electron chi connectivity index (χ3n) is 11.2. The van der Waals surface area contributed by atoms with Crippen LogP contribution in [0.4, 0.5) is 5.69 Å². The first-order valence-corrected chi connectivity index (χ1v) is 16.2. The topological polar surface area (TPSA) is 74.3 Å². The Morgan fingerprint density at radius 1 is 0.891 bits per heavy atom. The molecule has 0 spiro atoms. The van der Waals surface area contributed by atoms with Crippen LogP contribution in [0.1, 0.15) is 57.1 Å². The third-order valence-corrected chi connectivity index (χ3v) is 11.2. The number of amides is 1. The number of hydrogen-bond donors (Lipinski definition) is 0. The standard InChI is InChI=1S/C39H41NO6/c1-38(2)31-17-19-39(38,3)36(28-11-10-26-7-5-6-8-27(26)22-28)37(31)46-35(42)23-34(41)40(29-12-14-30(43-4)15-13-29)20-18-25-9-16-32-33(21-25)45-24-44-32/h5-16,21-22,31,36-37H,17-20,23-24H2,1-4H3/t31-,36-,37-,39+/m0/s1. The van der Waals surface area contributed by atoms with E-state index in [-0.39, 0.29) is 47.9 Å². The van der Waals surface area contributed by atoms with Crippen LogP contribution in [-0.4, -0.2) is 38.4 Å². The van der Waals surface area contributed by atoms with Crippen LogP contribution < -0.4 is 19.1 Å². The van der Waals surface area contributed by atoms with Crippen molar-refractivity contribution < 1.29 is 28.5 Å². The summed E-state index contributed by atoms with van der Waals surface area (Å²) in [7, 11) is 1.61. The van der Waals surface area contributed by atoms with Gasteiger partial charge in [0.05, 0.1) is 7.11 Å². The van der Waals surface area contributed by atoms with Gasteiger partial charge in [-0.1, -0.05) is 69.3 Å². The summed E-state index contributed by atoms with van der Waals surface area (Å²) in [6, 6.07) is 28.1. The Morgan fingerprint density at radius 2 is 1.65 bits per heavy atom. The number of methoxy groups -OCH3 is 1. The van der Waals surface area contributed by atoms with Gasteiger partial charge in [0, 0.05) is 24.1 Å². The summed E-state index contributed by atoms with van der Waals surface area (Å²) in [4.78, 5) is 29.3. The maximum atomic E-state index is 13.9. The maximum Gasteiger partial charge on any atom is 0.315 e. The first-order chi connectivity index (χ1) is 22.2. The molecule has 7 rings (SSSR count). The van der Waals surface area contributed by atoms with E-state index in [0.717, 1.165) is 18.4 Å². The SMILES string of the molecule is COc1ccc(N(CCc2ccc3c(c2)OCO3)C(=O)CC(=O)O[C@H]2[C@@H]3CC[C@](C)([C@H]2c2ccc4ccccc4c2)C3(C)C)cc1. The Morgan fingerprint density at radius 3 is 2.43 bits per heavy atom. The lowest BCUT2D eigenvalue weighted by atomic mass is 9.64. The van der Waals surface area contributed by atoms with E-state index in [0.29, 0.717) is 35.9 Å². The molecule has 2 bridgehead atoms. The van der Waals surface area contributed by atoms with E-state index in [1.165, 1.54) is 16.3 Å². The molecule has 0 aromatic heterocycles. The van der Waals surface area contributed by atoms with Gasteiger partial charge in [-0.3, -0.25) is 9.59 Å². The zero-order chi connectivity index (χ0) is 32.1. The molecule has 2 saturated carbocycles. The van der Waals surface area contributed by atoms with Crippen molar-refractivity contribution >= 4 is 28.3 Å². The highest BCUT2D eigenvalue weighted by Gasteiger charge is 2.67. The smallest absolute Gasteiger partial charge is 0.315 e. The second-order valence-electron chi connectivity index (χ2n) is 13.7. The van der Waals surface area contributed by atoms with Gasteiger partial charge in [-0.2, -0.15) is 0 Å². The highest BCUT2D eigenvalue weighted by Crippen LogP contribution is 2.71. The minimum Gasteiger partial charge on any atom is -0.497 e. The van der Waals surface area contributed by atoms with E-state index >= 15 is 0 Å². The van der Waals surface area contributed by atoms with E-state index in [2.05, 4.69) is 63.2 Å². The molecule has 1 amide bonds. The van der Waals surface area contributed by atoms with Crippen molar-refractivity contribution in [1.29, 1.82) is 0 Å². The summed E-state index contributed by atoms with van der Waals surface area (Å²) < 4.78 is 22.7. The Bertz CT molecular complexity index is 1780. The first-order valence-electron chi connectivity index (χ1n) is 16.2. The molecule has 0 N–H and O–H groups in total. The highest BCUT2D eigenvalue weighted by atomic mass is 16.7. The number of benzene rings is 4. The number of hydrogen-bond acceptors (Lipinski definition) is 6. The van der Waals surface area contributed by atoms with Crippen molar-refractivity contribution in [3.8, 4) is 17.2 Å². The number of ether oxygens (including phenoxy) is 4. The minimum absolute atomic E-state index is 0.0159. The number of carbonyl (C=O) groups is 2. The summed E-state index contributed by atoms with van der Waals surface area (Å²) in [5, 5.41) is 2.37. The van der Waals surface area contributed by atoms with Crippen LogP contribution in [-0.2, 0) is 20.7 Å². The largest absolute Gasteiger partial charge is 0.497 e. The number of rotatable bonds is 9. The van der Waals surface area contributed by atoms with Gasteiger partial charge in [0.25, 0.3) is 0 Å². The van der Waals surface area contributed by atoms with Gasteiger partial charge in [-0.15, -0.1) is 0 Å². The fourth-order valence-corrected chi connectivity index (χ4v) is 8.31. The normalized spacial score (nSPS) is 23.8. The fourth-order valence-electron chi connectivity index (χ4n) is 8.31. The molecule has 4 atom stereocenters. The molecule has 7 nitrogen and oxygen atoms in total. The molecule has 4 aromatic rings. The third kappa shape index (κ3) is 5.16. The van der Waals surface area contributed by atoms with Crippen molar-refractivity contribution in [3.05, 3.63) is 96.1 Å². The van der Waals surface area contributed by atoms with Gasteiger partial charge >= 0.3 is 5.97 Å². The van der Waals surface area contributed by atoms with E-state index in [4.69, 9.17) is 18.9 Å². The molecule has 0 radical (unpaired) electrons. The Balaban J connectivity index is 1.12. The summed E-state index contributed by atoms with van der Waals surface area (Å²) in [5.41, 5.74) is 2.85. The predicted molar refractivity (Wildman–Crippen MR) is 177 cm³/mol. The van der Waals surface area contributed by atoms with Gasteiger partial charge in [0.1, 0.15) is 18.3 Å². The average molecular weight is 620 g/mol. The number of nitrogens with zero attached hydrogens (tertiary/aromatic N) is 1. The van der Waals surface area contributed by atoms with Crippen LogP contribution in [0.3, 0.4) is 0 Å². The van der Waals surface area contributed by atoms with E-state index < -0.39 is 5.97 Å². The maximum absolute atomic E-state index is 13.9. The van der Waals surface area contributed by atoms with Gasteiger partial charge in [0.2, 0.25) is 12.7 Å². The van der Waals surface area contributed by atoms with Crippen LogP contribution in [0.25, 0.3) is 10.8 Å². The molecule has 2 aliphatic carbocycles. The van der Waals surface area contributed by atoms with Crippen LogP contribution in [0.5, 0.6) is 17.2 Å². The molecule has 0 unspecified atom stereocenters. The van der Waals surface area contributed by atoms with Crippen LogP contribution >= 0.6 is 0 Å². The lowest BCUT2D eigenvalue weighted by Gasteiger charge is -2.40. The van der Waals surface area contributed by atoms with E-state index in [1.807, 2.05) is 42.5 Å². The number of esters is 1. The molecule has 4 aromatic carbocycles. The number of fused-ring (bicyclic) bond motifs is 4. The summed E-state index contributed by atoms with van der Waals surface area (Å²) in [6.07, 6.45) is 2.04. The molecular weight excluding hydrogens is 578 g/mol. The quantitative estimate of drug-likeness (QED) is 0.141. The fraction of sp³-hybridized carbons (Fsp3) is 0.385. The van der Waals surface area contributed by atoms with Crippen molar-refractivity contribution in [2.45, 2.75) is 58.5 Å². The molecule has 1 heterocycles. The molecule has 3 aliphatic rings. The van der Waals surface area contributed by atoms with E-state index in [1.54, 1.807) is 12.0 Å². The summed E-state index contributed by atoms with van der Waals surface area (Å²) >= 11 is 0. The monoisotopic (exact) mass is 619 g/mol. The van der Waals surface area contributed by atoms with Crippen LogP contribution in [0, 0.1) is 16.7 Å². The second-order valence-corrected chi connectivity index (χ2v) is 13.7. The molecular formula is C39H41NO6. The van der Waals surface area contributed by atoms with Crippen molar-refractivity contribution in [2.24, 2.45) is 16.7 Å². The highest BCUT2D eigenvalue weighted by molar-refractivity contribution is 6.03. The first kappa shape index (κ1) is 30.2. The minimum atomic E-state index is -0.477. The van der Waals surface area contributed by atoms with E-state index in [9.17, 15) is 9.59 Å². The lowest BCUT2D eigenvalue weighted by Crippen LogP contribution is -2.38. The van der Waals surface area contributed by atoms with Crippen LogP contribution in [0.2, 0.25) is 0 Å². The van der Waals surface area contributed by atoms with Gasteiger partial charge in [-0.25, -0.2) is 0 Å². The Hall–Kier alpha value is -4.52. The molecule has 2 fully saturated rings. The zero-order valence-electron chi connectivity index (χ0n) is 27.0. The average Bonchev–Trinajstić information content (AvgIpc) is 3.66. The molecule has 7 heteroatoms. The van der Waals surface area contributed by atoms with Crippen LogP contribution in [0.15, 0.2) is 84.9 Å². The number of carbonyl (C=O) groups excluding carboxylic acids is 2. The lowest BCUT2D eigenvalue weighted by molar-refractivity contribution is -0.155. The second kappa shape index (κ2) is 11.7. The molecule has 1 aliphatic heterocycles. The van der Waals surface area contributed by atoms with Gasteiger partial charge in [-0.05, 0) is 88.4 Å². The number of anilines is 1. The van der Waals surface area contributed by atoms with Crippen molar-refractivity contribution in [1.82, 2.24) is 0 Å². The van der Waals surface area contributed by atoms with Gasteiger partial charge in [0.15, 0.2) is 11.5 Å². The van der Waals surface area contributed by atoms with Gasteiger partial charge < -0.3 is 23.8 Å². The molecule has 0 saturated heterocycles. The van der Waals surface area contributed by atoms with Crippen molar-refractivity contribution in [3.63, 3.8) is 0 Å². The van der Waals surface area contributed by atoms with Crippen molar-refractivity contribution in [2.75, 3.05) is 25.3 Å². The predicted octanol–water partition coefficient (Wildman–Crippen LogP) is 7.69.